The van der Waals surface area contributed by atoms with Gasteiger partial charge in [-0.15, -0.1) is 0 Å². The smallest absolute Gasteiger partial charge is 0.110 e. The van der Waals surface area contributed by atoms with Crippen molar-refractivity contribution >= 4 is 10.9 Å². The number of hydrogen-bond donors (Lipinski definition) is 2. The largest absolute Gasteiger partial charge is 0.396 e. The second kappa shape index (κ2) is 5.47. The molecule has 0 spiro atoms. The van der Waals surface area contributed by atoms with Gasteiger partial charge in [-0.1, -0.05) is 39.0 Å². The van der Waals surface area contributed by atoms with E-state index in [1.807, 2.05) is 0 Å². The number of H-pyrrole nitrogens is 1. The zero-order valence-corrected chi connectivity index (χ0v) is 13.2. The first kappa shape index (κ1) is 14.6. The molecule has 3 nitrogen and oxygen atoms in total. The van der Waals surface area contributed by atoms with E-state index < -0.39 is 0 Å². The Kier molecular flexibility index (Phi) is 3.80. The maximum Gasteiger partial charge on any atom is 0.110 e. The summed E-state index contributed by atoms with van der Waals surface area (Å²) in [5.41, 5.74) is 4.83. The van der Waals surface area contributed by atoms with Gasteiger partial charge in [0.15, 0.2) is 0 Å². The molecule has 0 radical (unpaired) electrons. The van der Waals surface area contributed by atoms with Crippen molar-refractivity contribution in [3.8, 4) is 0 Å². The lowest BCUT2D eigenvalue weighted by molar-refractivity contribution is -0.0795. The van der Waals surface area contributed by atoms with Crippen molar-refractivity contribution in [3.63, 3.8) is 0 Å². The number of aromatic nitrogens is 1. The Morgan fingerprint density at radius 1 is 1.38 bits per heavy atom. The average Bonchev–Trinajstić information content (AvgIpc) is 2.87. The van der Waals surface area contributed by atoms with E-state index in [2.05, 4.69) is 44.0 Å². The number of aliphatic hydroxyl groups is 1. The maximum atomic E-state index is 9.46. The SMILES string of the molecule is CCC1(CCO)OCCc2c1[nH]c1c(C(C)C)cccc21. The fourth-order valence-electron chi connectivity index (χ4n) is 3.68. The number of hydrogen-bond acceptors (Lipinski definition) is 2. The fourth-order valence-corrected chi connectivity index (χ4v) is 3.68. The van der Waals surface area contributed by atoms with Crippen molar-refractivity contribution in [1.82, 2.24) is 4.98 Å². The molecule has 0 aliphatic carbocycles. The van der Waals surface area contributed by atoms with Gasteiger partial charge >= 0.3 is 0 Å². The Bertz CT molecular complexity index is 644. The maximum absolute atomic E-state index is 9.46. The molecule has 2 aromatic rings. The van der Waals surface area contributed by atoms with Gasteiger partial charge in [-0.05, 0) is 29.9 Å². The molecule has 3 heteroatoms. The molecule has 0 saturated carbocycles. The molecular weight excluding hydrogens is 262 g/mol. The topological polar surface area (TPSA) is 45.2 Å². The van der Waals surface area contributed by atoms with Crippen LogP contribution in [0.25, 0.3) is 10.9 Å². The summed E-state index contributed by atoms with van der Waals surface area (Å²) in [6.45, 7) is 7.48. The lowest BCUT2D eigenvalue weighted by Gasteiger charge is -2.36. The standard InChI is InChI=1S/C18H25NO2/c1-4-18(9-10-20)17-15(8-11-21-18)14-7-5-6-13(12(2)3)16(14)19-17/h5-7,12,19-20H,4,8-11H2,1-3H3. The summed E-state index contributed by atoms with van der Waals surface area (Å²) in [5, 5.41) is 10.8. The van der Waals surface area contributed by atoms with Crippen LogP contribution < -0.4 is 0 Å². The van der Waals surface area contributed by atoms with Crippen LogP contribution in [-0.2, 0) is 16.8 Å². The van der Waals surface area contributed by atoms with E-state index in [-0.39, 0.29) is 12.2 Å². The molecule has 0 fully saturated rings. The predicted octanol–water partition coefficient (Wildman–Crippen LogP) is 3.85. The van der Waals surface area contributed by atoms with Gasteiger partial charge in [-0.25, -0.2) is 0 Å². The quantitative estimate of drug-likeness (QED) is 0.897. The van der Waals surface area contributed by atoms with Crippen molar-refractivity contribution in [2.24, 2.45) is 0 Å². The number of benzene rings is 1. The first-order valence-electron chi connectivity index (χ1n) is 8.01. The summed E-state index contributed by atoms with van der Waals surface area (Å²) < 4.78 is 6.12. The van der Waals surface area contributed by atoms with Crippen molar-refractivity contribution in [3.05, 3.63) is 35.0 Å². The van der Waals surface area contributed by atoms with E-state index in [1.165, 1.54) is 27.7 Å². The predicted molar refractivity (Wildman–Crippen MR) is 85.7 cm³/mol. The van der Waals surface area contributed by atoms with Gasteiger partial charge in [-0.2, -0.15) is 0 Å². The van der Waals surface area contributed by atoms with Crippen LogP contribution in [0.4, 0.5) is 0 Å². The van der Waals surface area contributed by atoms with Gasteiger partial charge in [0, 0.05) is 23.9 Å². The Balaban J connectivity index is 2.25. The van der Waals surface area contributed by atoms with Gasteiger partial charge in [0.1, 0.15) is 5.60 Å². The minimum absolute atomic E-state index is 0.152. The van der Waals surface area contributed by atoms with E-state index >= 15 is 0 Å². The van der Waals surface area contributed by atoms with Gasteiger partial charge in [0.25, 0.3) is 0 Å². The van der Waals surface area contributed by atoms with Crippen molar-refractivity contribution < 1.29 is 9.84 Å². The fraction of sp³-hybridized carbons (Fsp3) is 0.556. The Labute approximate surface area is 126 Å². The third-order valence-electron chi connectivity index (χ3n) is 4.87. The minimum Gasteiger partial charge on any atom is -0.396 e. The van der Waals surface area contributed by atoms with Crippen LogP contribution >= 0.6 is 0 Å². The number of rotatable bonds is 4. The van der Waals surface area contributed by atoms with E-state index in [0.29, 0.717) is 12.3 Å². The second-order valence-electron chi connectivity index (χ2n) is 6.32. The zero-order valence-electron chi connectivity index (χ0n) is 13.2. The van der Waals surface area contributed by atoms with E-state index in [0.717, 1.165) is 19.4 Å². The molecule has 0 saturated heterocycles. The van der Waals surface area contributed by atoms with Crippen LogP contribution in [0.1, 0.15) is 56.4 Å². The highest BCUT2D eigenvalue weighted by molar-refractivity contribution is 5.88. The normalized spacial score (nSPS) is 22.0. The lowest BCUT2D eigenvalue weighted by Crippen LogP contribution is -2.36. The summed E-state index contributed by atoms with van der Waals surface area (Å²) >= 11 is 0. The van der Waals surface area contributed by atoms with Crippen molar-refractivity contribution in [2.75, 3.05) is 13.2 Å². The molecule has 2 heterocycles. The highest BCUT2D eigenvalue weighted by Crippen LogP contribution is 2.42. The monoisotopic (exact) mass is 287 g/mol. The van der Waals surface area contributed by atoms with Crippen LogP contribution in [0.5, 0.6) is 0 Å². The molecule has 3 rings (SSSR count). The van der Waals surface area contributed by atoms with E-state index in [9.17, 15) is 5.11 Å². The number of para-hydroxylation sites is 1. The average molecular weight is 287 g/mol. The Morgan fingerprint density at radius 2 is 2.19 bits per heavy atom. The van der Waals surface area contributed by atoms with Crippen molar-refractivity contribution in [2.45, 2.75) is 51.6 Å². The molecule has 0 amide bonds. The van der Waals surface area contributed by atoms with Crippen LogP contribution in [0, 0.1) is 0 Å². The van der Waals surface area contributed by atoms with E-state index in [4.69, 9.17) is 4.74 Å². The van der Waals surface area contributed by atoms with Crippen LogP contribution in [0.2, 0.25) is 0 Å². The summed E-state index contributed by atoms with van der Waals surface area (Å²) in [6, 6.07) is 6.57. The highest BCUT2D eigenvalue weighted by Gasteiger charge is 2.38. The Hall–Kier alpha value is -1.32. The molecule has 1 aromatic carbocycles. The first-order valence-corrected chi connectivity index (χ1v) is 8.01. The van der Waals surface area contributed by atoms with Gasteiger partial charge < -0.3 is 14.8 Å². The molecule has 1 aromatic heterocycles. The van der Waals surface area contributed by atoms with Crippen LogP contribution in [-0.4, -0.2) is 23.3 Å². The van der Waals surface area contributed by atoms with E-state index in [1.54, 1.807) is 0 Å². The molecule has 2 N–H and O–H groups in total. The number of aliphatic hydroxyl groups excluding tert-OH is 1. The van der Waals surface area contributed by atoms with Crippen molar-refractivity contribution in [1.29, 1.82) is 0 Å². The molecule has 0 bridgehead atoms. The molecule has 1 unspecified atom stereocenters. The second-order valence-corrected chi connectivity index (χ2v) is 6.32. The lowest BCUT2D eigenvalue weighted by atomic mass is 9.86. The molecular formula is C18H25NO2. The summed E-state index contributed by atoms with van der Waals surface area (Å²) in [4.78, 5) is 3.66. The molecule has 1 aliphatic rings. The number of nitrogens with one attached hydrogen (secondary N) is 1. The van der Waals surface area contributed by atoms with Gasteiger partial charge in [0.2, 0.25) is 0 Å². The third-order valence-corrected chi connectivity index (χ3v) is 4.87. The zero-order chi connectivity index (χ0) is 15.0. The molecule has 21 heavy (non-hydrogen) atoms. The van der Waals surface area contributed by atoms with Crippen LogP contribution in [0.3, 0.4) is 0 Å². The molecule has 1 atom stereocenters. The third kappa shape index (κ3) is 2.19. The summed E-state index contributed by atoms with van der Waals surface area (Å²) in [6.07, 6.45) is 2.48. The Morgan fingerprint density at radius 3 is 2.86 bits per heavy atom. The molecule has 1 aliphatic heterocycles. The first-order chi connectivity index (χ1) is 10.1. The molecule has 114 valence electrons. The van der Waals surface area contributed by atoms with Gasteiger partial charge in [0.05, 0.1) is 12.3 Å². The number of fused-ring (bicyclic) bond motifs is 3. The minimum atomic E-state index is -0.352. The van der Waals surface area contributed by atoms with Gasteiger partial charge in [-0.3, -0.25) is 0 Å². The summed E-state index contributed by atoms with van der Waals surface area (Å²) in [5.74, 6) is 0.489. The number of aromatic amines is 1. The highest BCUT2D eigenvalue weighted by atomic mass is 16.5. The van der Waals surface area contributed by atoms with Crippen LogP contribution in [0.15, 0.2) is 18.2 Å². The summed E-state index contributed by atoms with van der Waals surface area (Å²) in [7, 11) is 0. The number of ether oxygens (including phenoxy) is 1.